The Labute approximate surface area is 78.2 Å². The molecule has 1 N–H and O–H groups in total. The van der Waals surface area contributed by atoms with E-state index in [0.717, 1.165) is 24.4 Å². The Balaban J connectivity index is 3.04. The van der Waals surface area contributed by atoms with Gasteiger partial charge in [-0.25, -0.2) is 4.98 Å². The predicted octanol–water partition coefficient (Wildman–Crippen LogP) is 1.85. The van der Waals surface area contributed by atoms with Crippen molar-refractivity contribution in [3.8, 4) is 0 Å². The van der Waals surface area contributed by atoms with Crippen LogP contribution in [0.3, 0.4) is 0 Å². The summed E-state index contributed by atoms with van der Waals surface area (Å²) in [5.74, 6) is 1.07. The van der Waals surface area contributed by atoms with E-state index in [1.165, 1.54) is 0 Å². The summed E-state index contributed by atoms with van der Waals surface area (Å²) in [6, 6.07) is 1.58. The summed E-state index contributed by atoms with van der Waals surface area (Å²) in [7, 11) is 0. The molecule has 72 valence electrons. The fraction of sp³-hybridized carbons (Fsp3) is 0.600. The van der Waals surface area contributed by atoms with Crippen LogP contribution in [0.1, 0.15) is 44.6 Å². The zero-order valence-corrected chi connectivity index (χ0v) is 8.42. The van der Waals surface area contributed by atoms with Gasteiger partial charge in [-0.15, -0.1) is 0 Å². The topological polar surface area (TPSA) is 45.8 Å². The number of aryl methyl sites for hydroxylation is 1. The number of nitrogens with zero attached hydrogens (tertiary/aromatic N) is 1. The van der Waals surface area contributed by atoms with Crippen LogP contribution >= 0.6 is 0 Å². The third kappa shape index (κ3) is 2.68. The normalized spacial score (nSPS) is 10.8. The molecule has 0 radical (unpaired) electrons. The van der Waals surface area contributed by atoms with Crippen LogP contribution in [-0.2, 0) is 6.42 Å². The molecule has 1 heterocycles. The molecule has 0 bridgehead atoms. The van der Waals surface area contributed by atoms with Crippen molar-refractivity contribution in [2.24, 2.45) is 0 Å². The van der Waals surface area contributed by atoms with E-state index in [9.17, 15) is 4.79 Å². The molecule has 0 aromatic carbocycles. The first-order valence-corrected chi connectivity index (χ1v) is 4.73. The molecule has 0 spiro atoms. The summed E-state index contributed by atoms with van der Waals surface area (Å²) in [6.07, 6.45) is 1.90. The standard InChI is InChI=1S/C10H16N2O/c1-4-5-8-6-9(13)12-10(11-8)7(2)3/h6-7H,4-5H2,1-3H3,(H,11,12,13). The monoisotopic (exact) mass is 180 g/mol. The summed E-state index contributed by atoms with van der Waals surface area (Å²) in [5, 5.41) is 0. The molecule has 0 aliphatic rings. The quantitative estimate of drug-likeness (QED) is 0.771. The average Bonchev–Trinajstić information content (AvgIpc) is 2.03. The Kier molecular flexibility index (Phi) is 3.23. The van der Waals surface area contributed by atoms with Gasteiger partial charge in [0.05, 0.1) is 0 Å². The third-order valence-corrected chi connectivity index (χ3v) is 1.87. The van der Waals surface area contributed by atoms with Crippen LogP contribution in [0.15, 0.2) is 10.9 Å². The smallest absolute Gasteiger partial charge is 0.251 e. The molecule has 0 aliphatic carbocycles. The highest BCUT2D eigenvalue weighted by molar-refractivity contribution is 5.04. The van der Waals surface area contributed by atoms with E-state index in [4.69, 9.17) is 0 Å². The number of H-pyrrole nitrogens is 1. The van der Waals surface area contributed by atoms with E-state index in [2.05, 4.69) is 16.9 Å². The summed E-state index contributed by atoms with van der Waals surface area (Å²) < 4.78 is 0. The van der Waals surface area contributed by atoms with Gasteiger partial charge in [0.1, 0.15) is 5.82 Å². The van der Waals surface area contributed by atoms with Gasteiger partial charge in [-0.2, -0.15) is 0 Å². The Morgan fingerprint density at radius 2 is 2.23 bits per heavy atom. The van der Waals surface area contributed by atoms with Crippen LogP contribution < -0.4 is 5.56 Å². The van der Waals surface area contributed by atoms with E-state index in [1.54, 1.807) is 6.07 Å². The Morgan fingerprint density at radius 3 is 2.77 bits per heavy atom. The second kappa shape index (κ2) is 4.21. The summed E-state index contributed by atoms with van der Waals surface area (Å²) in [4.78, 5) is 18.3. The zero-order valence-electron chi connectivity index (χ0n) is 8.42. The highest BCUT2D eigenvalue weighted by Crippen LogP contribution is 2.07. The Bertz CT molecular complexity index is 328. The van der Waals surface area contributed by atoms with Gasteiger partial charge in [0.25, 0.3) is 5.56 Å². The van der Waals surface area contributed by atoms with E-state index < -0.39 is 0 Å². The maximum absolute atomic E-state index is 11.2. The largest absolute Gasteiger partial charge is 0.310 e. The number of rotatable bonds is 3. The minimum absolute atomic E-state index is 0.0397. The van der Waals surface area contributed by atoms with Crippen molar-refractivity contribution >= 4 is 0 Å². The first-order valence-electron chi connectivity index (χ1n) is 4.73. The lowest BCUT2D eigenvalue weighted by Gasteiger charge is -2.05. The van der Waals surface area contributed by atoms with Gasteiger partial charge in [-0.05, 0) is 6.42 Å². The zero-order chi connectivity index (χ0) is 9.84. The van der Waals surface area contributed by atoms with Crippen LogP contribution in [0.4, 0.5) is 0 Å². The number of hydrogen-bond donors (Lipinski definition) is 1. The summed E-state index contributed by atoms with van der Waals surface area (Å²) in [6.45, 7) is 6.12. The van der Waals surface area contributed by atoms with Gasteiger partial charge in [0, 0.05) is 17.7 Å². The molecule has 3 heteroatoms. The number of aromatic nitrogens is 2. The molecule has 0 unspecified atom stereocenters. The SMILES string of the molecule is CCCc1cc(=O)[nH]c(C(C)C)n1. The molecule has 0 atom stereocenters. The fourth-order valence-corrected chi connectivity index (χ4v) is 1.19. The molecule has 0 aliphatic heterocycles. The molecule has 0 saturated heterocycles. The first kappa shape index (κ1) is 9.96. The molecule has 0 amide bonds. The maximum Gasteiger partial charge on any atom is 0.251 e. The van der Waals surface area contributed by atoms with Gasteiger partial charge in [0.15, 0.2) is 0 Å². The van der Waals surface area contributed by atoms with Gasteiger partial charge in [-0.1, -0.05) is 27.2 Å². The lowest BCUT2D eigenvalue weighted by Crippen LogP contribution is -2.13. The Morgan fingerprint density at radius 1 is 1.54 bits per heavy atom. The molecule has 0 fully saturated rings. The lowest BCUT2D eigenvalue weighted by atomic mass is 10.2. The molecule has 1 aromatic heterocycles. The van der Waals surface area contributed by atoms with E-state index in [0.29, 0.717) is 0 Å². The van der Waals surface area contributed by atoms with Gasteiger partial charge >= 0.3 is 0 Å². The highest BCUT2D eigenvalue weighted by Gasteiger charge is 2.03. The average molecular weight is 180 g/mol. The first-order chi connectivity index (χ1) is 6.13. The number of aromatic amines is 1. The fourth-order valence-electron chi connectivity index (χ4n) is 1.19. The molecule has 13 heavy (non-hydrogen) atoms. The lowest BCUT2D eigenvalue weighted by molar-refractivity contribution is 0.740. The van der Waals surface area contributed by atoms with Crippen molar-refractivity contribution < 1.29 is 0 Å². The van der Waals surface area contributed by atoms with Crippen LogP contribution in [0.25, 0.3) is 0 Å². The van der Waals surface area contributed by atoms with Crippen molar-refractivity contribution in [2.45, 2.75) is 39.5 Å². The molecular formula is C10H16N2O. The highest BCUT2D eigenvalue weighted by atomic mass is 16.1. The Hall–Kier alpha value is -1.12. The molecule has 1 aromatic rings. The van der Waals surface area contributed by atoms with Crippen molar-refractivity contribution in [3.05, 3.63) is 27.9 Å². The van der Waals surface area contributed by atoms with Crippen molar-refractivity contribution in [3.63, 3.8) is 0 Å². The van der Waals surface area contributed by atoms with Crippen LogP contribution in [0.5, 0.6) is 0 Å². The number of nitrogens with one attached hydrogen (secondary N) is 1. The van der Waals surface area contributed by atoms with Gasteiger partial charge in [-0.3, -0.25) is 4.79 Å². The van der Waals surface area contributed by atoms with Crippen LogP contribution in [-0.4, -0.2) is 9.97 Å². The van der Waals surface area contributed by atoms with Crippen molar-refractivity contribution in [1.82, 2.24) is 9.97 Å². The van der Waals surface area contributed by atoms with Crippen molar-refractivity contribution in [1.29, 1.82) is 0 Å². The van der Waals surface area contributed by atoms with Crippen molar-refractivity contribution in [2.75, 3.05) is 0 Å². The van der Waals surface area contributed by atoms with Gasteiger partial charge < -0.3 is 4.98 Å². The molecule has 0 saturated carbocycles. The van der Waals surface area contributed by atoms with E-state index >= 15 is 0 Å². The second-order valence-electron chi connectivity index (χ2n) is 3.53. The summed E-state index contributed by atoms with van der Waals surface area (Å²) >= 11 is 0. The number of hydrogen-bond acceptors (Lipinski definition) is 2. The molecule has 1 rings (SSSR count). The summed E-state index contributed by atoms with van der Waals surface area (Å²) in [5.41, 5.74) is 0.858. The molecular weight excluding hydrogens is 164 g/mol. The minimum atomic E-state index is -0.0397. The molecule has 3 nitrogen and oxygen atoms in total. The van der Waals surface area contributed by atoms with E-state index in [-0.39, 0.29) is 11.5 Å². The maximum atomic E-state index is 11.2. The van der Waals surface area contributed by atoms with E-state index in [1.807, 2.05) is 13.8 Å². The predicted molar refractivity (Wildman–Crippen MR) is 52.9 cm³/mol. The third-order valence-electron chi connectivity index (χ3n) is 1.87. The minimum Gasteiger partial charge on any atom is -0.310 e. The van der Waals surface area contributed by atoms with Crippen LogP contribution in [0, 0.1) is 0 Å². The second-order valence-corrected chi connectivity index (χ2v) is 3.53. The van der Waals surface area contributed by atoms with Crippen LogP contribution in [0.2, 0.25) is 0 Å². The van der Waals surface area contributed by atoms with Gasteiger partial charge in [0.2, 0.25) is 0 Å².